The zero-order valence-electron chi connectivity index (χ0n) is 7.15. The van der Waals surface area contributed by atoms with Crippen molar-refractivity contribution in [2.45, 2.75) is 6.42 Å². The van der Waals surface area contributed by atoms with Crippen LogP contribution in [0.3, 0.4) is 0 Å². The van der Waals surface area contributed by atoms with Gasteiger partial charge in [0.05, 0.1) is 11.3 Å². The van der Waals surface area contributed by atoms with E-state index in [-0.39, 0.29) is 10.6 Å². The molecule has 0 saturated carbocycles. The predicted octanol–water partition coefficient (Wildman–Crippen LogP) is 1.20. The van der Waals surface area contributed by atoms with Gasteiger partial charge < -0.3 is 4.90 Å². The summed E-state index contributed by atoms with van der Waals surface area (Å²) in [5.74, 6) is 0. The first kappa shape index (κ1) is 8.77. The number of hydrogen-bond acceptors (Lipinski definition) is 3. The Morgan fingerprint density at radius 3 is 2.75 bits per heavy atom. The van der Waals surface area contributed by atoms with Gasteiger partial charge in [0.1, 0.15) is 0 Å². The van der Waals surface area contributed by atoms with Crippen LogP contribution < -0.4 is 0 Å². The minimum atomic E-state index is -0.365. The summed E-state index contributed by atoms with van der Waals surface area (Å²) >= 11 is 0. The quantitative estimate of drug-likeness (QED) is 0.458. The Morgan fingerprint density at radius 1 is 1.58 bits per heavy atom. The molecule has 4 heteroatoms. The van der Waals surface area contributed by atoms with Gasteiger partial charge >= 0.3 is 0 Å². The van der Waals surface area contributed by atoms with Gasteiger partial charge in [-0.2, -0.15) is 0 Å². The molecule has 0 spiro atoms. The van der Waals surface area contributed by atoms with Gasteiger partial charge in [-0.05, 0) is 6.42 Å². The van der Waals surface area contributed by atoms with Gasteiger partial charge in [-0.15, -0.1) is 0 Å². The fourth-order valence-corrected chi connectivity index (χ4v) is 1.01. The molecule has 0 bridgehead atoms. The number of nitro groups is 1. The van der Waals surface area contributed by atoms with Gasteiger partial charge in [-0.1, -0.05) is 6.08 Å². The van der Waals surface area contributed by atoms with Gasteiger partial charge in [-0.3, -0.25) is 10.1 Å². The first-order valence-electron chi connectivity index (χ1n) is 3.68. The third-order valence-corrected chi connectivity index (χ3v) is 1.68. The molecule has 4 nitrogen and oxygen atoms in total. The molecule has 0 saturated heterocycles. The van der Waals surface area contributed by atoms with Crippen molar-refractivity contribution in [1.29, 1.82) is 0 Å². The molecule has 0 aromatic heterocycles. The summed E-state index contributed by atoms with van der Waals surface area (Å²) in [5, 5.41) is 10.4. The zero-order chi connectivity index (χ0) is 9.14. The number of likely N-dealkylation sites (N-methyl/N-ethyl adjacent to an activating group) is 1. The molecule has 0 aromatic rings. The standard InChI is InChI=1S/C8H11N2O2/c1-9(2)7-4-3-5-8(6-7)10(11)12/h4-6H,3H2,1-2H3. The molecular weight excluding hydrogens is 156 g/mol. The molecule has 0 amide bonds. The molecule has 0 heterocycles. The van der Waals surface area contributed by atoms with E-state index in [1.807, 2.05) is 25.1 Å². The number of allylic oxidation sites excluding steroid dienone is 3. The normalized spacial score (nSPS) is 16.5. The van der Waals surface area contributed by atoms with Crippen molar-refractivity contribution in [2.24, 2.45) is 0 Å². The lowest BCUT2D eigenvalue weighted by Crippen LogP contribution is -2.14. The Bertz CT molecular complexity index is 254. The van der Waals surface area contributed by atoms with Crippen LogP contribution in [-0.2, 0) is 0 Å². The molecule has 1 aliphatic carbocycles. The van der Waals surface area contributed by atoms with Crippen molar-refractivity contribution in [3.05, 3.63) is 40.1 Å². The zero-order valence-corrected chi connectivity index (χ0v) is 7.15. The third-order valence-electron chi connectivity index (χ3n) is 1.68. The minimum Gasteiger partial charge on any atom is -0.378 e. The van der Waals surface area contributed by atoms with Crippen molar-refractivity contribution >= 4 is 0 Å². The summed E-state index contributed by atoms with van der Waals surface area (Å²) in [7, 11) is 3.73. The third kappa shape index (κ3) is 1.84. The highest BCUT2D eigenvalue weighted by molar-refractivity contribution is 5.28. The van der Waals surface area contributed by atoms with E-state index in [1.165, 1.54) is 0 Å². The van der Waals surface area contributed by atoms with Crippen LogP contribution in [0.25, 0.3) is 0 Å². The summed E-state index contributed by atoms with van der Waals surface area (Å²) in [6.45, 7) is 0. The van der Waals surface area contributed by atoms with E-state index in [1.54, 1.807) is 12.5 Å². The first-order chi connectivity index (χ1) is 5.61. The average Bonchev–Trinajstić information content (AvgIpc) is 2.04. The van der Waals surface area contributed by atoms with Crippen LogP contribution in [-0.4, -0.2) is 23.9 Å². The molecule has 1 aliphatic rings. The molecule has 0 unspecified atom stereocenters. The molecule has 1 rings (SSSR count). The van der Waals surface area contributed by atoms with E-state index in [0.29, 0.717) is 6.42 Å². The van der Waals surface area contributed by atoms with E-state index in [2.05, 4.69) is 0 Å². The van der Waals surface area contributed by atoms with Crippen LogP contribution >= 0.6 is 0 Å². The first-order valence-corrected chi connectivity index (χ1v) is 3.68. The summed E-state index contributed by atoms with van der Waals surface area (Å²) in [5.41, 5.74) is 1.07. The maximum Gasteiger partial charge on any atom is 0.252 e. The highest BCUT2D eigenvalue weighted by Gasteiger charge is 2.15. The lowest BCUT2D eigenvalue weighted by atomic mass is 10.1. The van der Waals surface area contributed by atoms with Gasteiger partial charge in [-0.25, -0.2) is 0 Å². The average molecular weight is 167 g/mol. The van der Waals surface area contributed by atoms with Crippen molar-refractivity contribution < 1.29 is 4.92 Å². The van der Waals surface area contributed by atoms with E-state index >= 15 is 0 Å². The Balaban J connectivity index is 2.81. The lowest BCUT2D eigenvalue weighted by Gasteiger charge is -2.15. The molecule has 0 aromatic carbocycles. The highest BCUT2D eigenvalue weighted by Crippen LogP contribution is 2.17. The van der Waals surface area contributed by atoms with Crippen molar-refractivity contribution in [3.8, 4) is 0 Å². The molecule has 0 fully saturated rings. The second-order valence-corrected chi connectivity index (χ2v) is 2.79. The maximum atomic E-state index is 10.4. The van der Waals surface area contributed by atoms with Crippen LogP contribution in [0, 0.1) is 16.5 Å². The van der Waals surface area contributed by atoms with Crippen LogP contribution in [0.2, 0.25) is 0 Å². The fraction of sp³-hybridized carbons (Fsp3) is 0.375. The monoisotopic (exact) mass is 167 g/mol. The van der Waals surface area contributed by atoms with Gasteiger partial charge in [0.2, 0.25) is 0 Å². The van der Waals surface area contributed by atoms with Gasteiger partial charge in [0.15, 0.2) is 0 Å². The molecule has 12 heavy (non-hydrogen) atoms. The molecular formula is C8H11N2O2. The van der Waals surface area contributed by atoms with E-state index in [9.17, 15) is 10.1 Å². The molecule has 65 valence electrons. The minimum absolute atomic E-state index is 0.182. The Hall–Kier alpha value is -1.32. The van der Waals surface area contributed by atoms with Crippen LogP contribution in [0.1, 0.15) is 6.42 Å². The van der Waals surface area contributed by atoms with E-state index in [0.717, 1.165) is 5.70 Å². The highest BCUT2D eigenvalue weighted by atomic mass is 16.6. The fourth-order valence-electron chi connectivity index (χ4n) is 1.01. The molecule has 1 radical (unpaired) electrons. The number of hydrogen-bond donors (Lipinski definition) is 0. The lowest BCUT2D eigenvalue weighted by molar-refractivity contribution is -0.422. The van der Waals surface area contributed by atoms with Crippen molar-refractivity contribution in [1.82, 2.24) is 4.90 Å². The van der Waals surface area contributed by atoms with Gasteiger partial charge in [0.25, 0.3) is 5.70 Å². The molecule has 0 N–H and O–H groups in total. The van der Waals surface area contributed by atoms with Crippen molar-refractivity contribution in [2.75, 3.05) is 14.1 Å². The van der Waals surface area contributed by atoms with Gasteiger partial charge in [0, 0.05) is 25.9 Å². The summed E-state index contributed by atoms with van der Waals surface area (Å²) in [4.78, 5) is 11.9. The molecule has 0 atom stereocenters. The van der Waals surface area contributed by atoms with E-state index < -0.39 is 0 Å². The Kier molecular flexibility index (Phi) is 2.47. The number of rotatable bonds is 2. The van der Waals surface area contributed by atoms with E-state index in [4.69, 9.17) is 0 Å². The Labute approximate surface area is 71.3 Å². The molecule has 0 aliphatic heterocycles. The van der Waals surface area contributed by atoms with Crippen LogP contribution in [0.4, 0.5) is 0 Å². The van der Waals surface area contributed by atoms with Crippen LogP contribution in [0.15, 0.2) is 23.5 Å². The smallest absolute Gasteiger partial charge is 0.252 e. The summed E-state index contributed by atoms with van der Waals surface area (Å²) in [6.07, 6.45) is 5.77. The van der Waals surface area contributed by atoms with Crippen molar-refractivity contribution in [3.63, 3.8) is 0 Å². The predicted molar refractivity (Wildman–Crippen MR) is 45.8 cm³/mol. The number of nitrogens with zero attached hydrogens (tertiary/aromatic N) is 2. The second kappa shape index (κ2) is 3.38. The topological polar surface area (TPSA) is 46.4 Å². The maximum absolute atomic E-state index is 10.4. The summed E-state index contributed by atoms with van der Waals surface area (Å²) in [6, 6.07) is 0. The second-order valence-electron chi connectivity index (χ2n) is 2.79. The Morgan fingerprint density at radius 2 is 2.25 bits per heavy atom. The van der Waals surface area contributed by atoms with Crippen LogP contribution in [0.5, 0.6) is 0 Å². The summed E-state index contributed by atoms with van der Waals surface area (Å²) < 4.78 is 0. The largest absolute Gasteiger partial charge is 0.378 e. The SMILES string of the molecule is CN(C)C1=CC[CH]C([N+](=O)[O-])=C1.